The van der Waals surface area contributed by atoms with Gasteiger partial charge in [-0.3, -0.25) is 9.59 Å². The molecule has 0 radical (unpaired) electrons. The van der Waals surface area contributed by atoms with Gasteiger partial charge < -0.3 is 19.5 Å². The number of aliphatic hydroxyl groups is 1. The first-order valence-corrected chi connectivity index (χ1v) is 15.7. The molecule has 1 N–H and O–H groups in total. The van der Waals surface area contributed by atoms with E-state index in [1.54, 1.807) is 6.92 Å². The minimum absolute atomic E-state index is 0.0325. The summed E-state index contributed by atoms with van der Waals surface area (Å²) in [6.45, 7) is 6.19. The van der Waals surface area contributed by atoms with Crippen molar-refractivity contribution in [1.82, 2.24) is 0 Å². The van der Waals surface area contributed by atoms with Gasteiger partial charge >= 0.3 is 5.97 Å². The number of carbonyl (C=O) groups excluding carboxylic acids is 3. The summed E-state index contributed by atoms with van der Waals surface area (Å²) in [5.74, 6) is 0.339. The Balaban J connectivity index is 1.51. The van der Waals surface area contributed by atoms with E-state index in [9.17, 15) is 19.5 Å². The SMILES string of the molecule is CC(=O)O[C@]1(C(C)=O)CC[C@H]2[C@@H]3CCC4=CC(O)CCC4=C3[C@@H](c3ccc(N(C)CCCCCC=O)cc3)C[C@@]21C. The Kier molecular flexibility index (Phi) is 8.61. The van der Waals surface area contributed by atoms with Crippen molar-refractivity contribution < 1.29 is 24.2 Å². The molecule has 4 aliphatic rings. The first-order chi connectivity index (χ1) is 19.6. The summed E-state index contributed by atoms with van der Waals surface area (Å²) >= 11 is 0. The van der Waals surface area contributed by atoms with Gasteiger partial charge in [-0.2, -0.15) is 0 Å². The van der Waals surface area contributed by atoms with Crippen LogP contribution in [0, 0.1) is 17.3 Å². The molecule has 2 fully saturated rings. The monoisotopic (exact) mass is 561 g/mol. The fraction of sp³-hybridized carbons (Fsp3) is 0.629. The van der Waals surface area contributed by atoms with E-state index in [1.165, 1.54) is 34.9 Å². The number of rotatable bonds is 10. The molecule has 1 aromatic carbocycles. The zero-order chi connectivity index (χ0) is 29.4. The lowest BCUT2D eigenvalue weighted by Crippen LogP contribution is -2.57. The van der Waals surface area contributed by atoms with Crippen LogP contribution >= 0.6 is 0 Å². The third kappa shape index (κ3) is 5.33. The lowest BCUT2D eigenvalue weighted by Gasteiger charge is -2.55. The van der Waals surface area contributed by atoms with E-state index in [-0.39, 0.29) is 29.7 Å². The van der Waals surface area contributed by atoms with Gasteiger partial charge in [-0.25, -0.2) is 0 Å². The number of fused-ring (bicyclic) bond motifs is 4. The predicted molar refractivity (Wildman–Crippen MR) is 161 cm³/mol. The molecule has 6 nitrogen and oxygen atoms in total. The van der Waals surface area contributed by atoms with Crippen LogP contribution in [0.4, 0.5) is 5.69 Å². The van der Waals surface area contributed by atoms with Crippen LogP contribution in [0.1, 0.15) is 103 Å². The summed E-state index contributed by atoms with van der Waals surface area (Å²) in [6, 6.07) is 8.92. The van der Waals surface area contributed by atoms with Crippen LogP contribution in [0.25, 0.3) is 0 Å². The topological polar surface area (TPSA) is 83.9 Å². The van der Waals surface area contributed by atoms with E-state index >= 15 is 0 Å². The van der Waals surface area contributed by atoms with Crippen molar-refractivity contribution >= 4 is 23.7 Å². The molecule has 0 heterocycles. The molecule has 222 valence electrons. The van der Waals surface area contributed by atoms with Crippen LogP contribution in [0.15, 0.2) is 47.1 Å². The zero-order valence-electron chi connectivity index (χ0n) is 25.3. The van der Waals surface area contributed by atoms with E-state index in [0.717, 1.165) is 70.6 Å². The number of ether oxygens (including phenoxy) is 1. The average Bonchev–Trinajstić information content (AvgIpc) is 3.24. The second-order valence-corrected chi connectivity index (χ2v) is 13.2. The minimum Gasteiger partial charge on any atom is -0.451 e. The molecule has 0 spiro atoms. The minimum atomic E-state index is -1.08. The number of benzene rings is 1. The van der Waals surface area contributed by atoms with Crippen molar-refractivity contribution in [2.45, 2.75) is 109 Å². The van der Waals surface area contributed by atoms with Crippen molar-refractivity contribution in [3.8, 4) is 0 Å². The number of ketones is 1. The lowest BCUT2D eigenvalue weighted by atomic mass is 9.50. The van der Waals surface area contributed by atoms with Crippen LogP contribution in [0.5, 0.6) is 0 Å². The van der Waals surface area contributed by atoms with E-state index in [0.29, 0.717) is 18.8 Å². The van der Waals surface area contributed by atoms with Gasteiger partial charge in [0, 0.05) is 44.0 Å². The molecule has 0 aromatic heterocycles. The Bertz CT molecular complexity index is 1230. The summed E-state index contributed by atoms with van der Waals surface area (Å²) in [7, 11) is 2.12. The third-order valence-electron chi connectivity index (χ3n) is 10.9. The largest absolute Gasteiger partial charge is 0.451 e. The molecular formula is C35H47NO5. The maximum Gasteiger partial charge on any atom is 0.303 e. The van der Waals surface area contributed by atoms with Crippen LogP contribution in [0.2, 0.25) is 0 Å². The molecule has 0 amide bonds. The van der Waals surface area contributed by atoms with Gasteiger partial charge in [-0.05, 0) is 105 Å². The van der Waals surface area contributed by atoms with Crippen LogP contribution in [-0.2, 0) is 19.1 Å². The molecule has 0 bridgehead atoms. The molecule has 1 unspecified atom stereocenters. The Morgan fingerprint density at radius 3 is 2.51 bits per heavy atom. The number of hydrogen-bond acceptors (Lipinski definition) is 6. The summed E-state index contributed by atoms with van der Waals surface area (Å²) in [6.07, 6.45) is 12.2. The number of esters is 1. The number of allylic oxidation sites excluding steroid dienone is 3. The van der Waals surface area contributed by atoms with E-state index in [4.69, 9.17) is 4.74 Å². The summed E-state index contributed by atoms with van der Waals surface area (Å²) in [4.78, 5) is 38.6. The number of nitrogens with zero attached hydrogens (tertiary/aromatic N) is 1. The van der Waals surface area contributed by atoms with Gasteiger partial charge in [-0.1, -0.05) is 37.1 Å². The second kappa shape index (κ2) is 11.9. The highest BCUT2D eigenvalue weighted by molar-refractivity contribution is 5.89. The second-order valence-electron chi connectivity index (χ2n) is 13.2. The van der Waals surface area contributed by atoms with Crippen molar-refractivity contribution in [2.24, 2.45) is 17.3 Å². The maximum absolute atomic E-state index is 13.3. The molecule has 41 heavy (non-hydrogen) atoms. The Labute approximate surface area is 245 Å². The summed E-state index contributed by atoms with van der Waals surface area (Å²) < 4.78 is 6.06. The van der Waals surface area contributed by atoms with Gasteiger partial charge in [0.2, 0.25) is 0 Å². The fourth-order valence-electron chi connectivity index (χ4n) is 8.97. The van der Waals surface area contributed by atoms with E-state index < -0.39 is 11.0 Å². The number of unbranched alkanes of at least 4 members (excludes halogenated alkanes) is 3. The number of aldehydes is 1. The number of anilines is 1. The van der Waals surface area contributed by atoms with Crippen LogP contribution < -0.4 is 4.90 Å². The summed E-state index contributed by atoms with van der Waals surface area (Å²) in [5, 5.41) is 10.4. The third-order valence-corrected chi connectivity index (χ3v) is 10.9. The lowest BCUT2D eigenvalue weighted by molar-refractivity contribution is -0.182. The highest BCUT2D eigenvalue weighted by atomic mass is 16.6. The Hall–Kier alpha value is -2.73. The molecular weight excluding hydrogens is 514 g/mol. The predicted octanol–water partition coefficient (Wildman–Crippen LogP) is 6.46. The molecule has 0 saturated heterocycles. The smallest absolute Gasteiger partial charge is 0.303 e. The molecule has 6 atom stereocenters. The highest BCUT2D eigenvalue weighted by Crippen LogP contribution is 2.67. The van der Waals surface area contributed by atoms with Gasteiger partial charge in [0.1, 0.15) is 6.29 Å². The first kappa shape index (κ1) is 29.8. The molecule has 6 heteroatoms. The molecule has 5 rings (SSSR count). The Morgan fingerprint density at radius 2 is 1.83 bits per heavy atom. The van der Waals surface area contributed by atoms with Crippen molar-refractivity contribution in [2.75, 3.05) is 18.5 Å². The van der Waals surface area contributed by atoms with Gasteiger partial charge in [0.05, 0.1) is 6.10 Å². The molecule has 2 saturated carbocycles. The molecule has 4 aliphatic carbocycles. The average molecular weight is 562 g/mol. The van der Waals surface area contributed by atoms with Crippen molar-refractivity contribution in [1.29, 1.82) is 0 Å². The zero-order valence-corrected chi connectivity index (χ0v) is 25.3. The van der Waals surface area contributed by atoms with Gasteiger partial charge in [0.15, 0.2) is 11.4 Å². The summed E-state index contributed by atoms with van der Waals surface area (Å²) in [5.41, 5.74) is 5.14. The standard InChI is InChI=1S/C35H47NO5/c1-23(38)35(41-24(2)39)18-17-32-30-15-11-26-21-28(40)14-16-29(26)33(30)31(22-34(32,35)3)25-9-12-27(13-10-25)36(4)19-7-5-6-8-20-37/h9-10,12-13,20-21,28,30-32,40H,5-8,11,14-19,22H2,1-4H3/t28?,30-,31+,32-,34-,35-/m0/s1. The van der Waals surface area contributed by atoms with Crippen molar-refractivity contribution in [3.63, 3.8) is 0 Å². The Morgan fingerprint density at radius 1 is 1.07 bits per heavy atom. The quantitative estimate of drug-likeness (QED) is 0.200. The van der Waals surface area contributed by atoms with Gasteiger partial charge in [-0.15, -0.1) is 0 Å². The highest BCUT2D eigenvalue weighted by Gasteiger charge is 2.67. The van der Waals surface area contributed by atoms with Crippen LogP contribution in [-0.4, -0.2) is 48.4 Å². The van der Waals surface area contributed by atoms with E-state index in [1.807, 2.05) is 0 Å². The number of carbonyl (C=O) groups is 3. The van der Waals surface area contributed by atoms with E-state index in [2.05, 4.69) is 49.2 Å². The fourth-order valence-corrected chi connectivity index (χ4v) is 8.97. The number of aliphatic hydroxyl groups excluding tert-OH is 1. The van der Waals surface area contributed by atoms with Crippen molar-refractivity contribution in [3.05, 3.63) is 52.6 Å². The number of hydrogen-bond donors (Lipinski definition) is 1. The normalized spacial score (nSPS) is 32.4. The van der Waals surface area contributed by atoms with Gasteiger partial charge in [0.25, 0.3) is 0 Å². The number of Topliss-reactive ketones (excluding diaryl/α,β-unsaturated/α-hetero) is 1. The maximum atomic E-state index is 13.3. The molecule has 0 aliphatic heterocycles. The van der Waals surface area contributed by atoms with Crippen LogP contribution in [0.3, 0.4) is 0 Å². The molecule has 1 aromatic rings. The first-order valence-electron chi connectivity index (χ1n) is 15.7.